The molecule has 0 unspecified atom stereocenters. The van der Waals surface area contributed by atoms with Gasteiger partial charge in [0.25, 0.3) is 0 Å². The molecule has 3 heterocycles. The third-order valence-corrected chi connectivity index (χ3v) is 5.29. The molecule has 0 saturated carbocycles. The molecular formula is C13H14N4O2S2. The highest BCUT2D eigenvalue weighted by molar-refractivity contribution is 7.89. The number of nitrogens with zero attached hydrogens (tertiary/aromatic N) is 3. The Kier molecular flexibility index (Phi) is 3.52. The van der Waals surface area contributed by atoms with Gasteiger partial charge in [0.1, 0.15) is 4.90 Å². The van der Waals surface area contributed by atoms with Crippen LogP contribution in [-0.2, 0) is 23.6 Å². The number of fused-ring (bicyclic) bond motifs is 1. The van der Waals surface area contributed by atoms with Gasteiger partial charge in [0.05, 0.1) is 5.69 Å². The lowest BCUT2D eigenvalue weighted by Crippen LogP contribution is -2.23. The van der Waals surface area contributed by atoms with Gasteiger partial charge in [-0.25, -0.2) is 18.1 Å². The van der Waals surface area contributed by atoms with E-state index in [1.165, 1.54) is 17.5 Å². The summed E-state index contributed by atoms with van der Waals surface area (Å²) in [5, 5.41) is 8.81. The molecule has 3 rings (SSSR count). The van der Waals surface area contributed by atoms with E-state index in [-0.39, 0.29) is 11.4 Å². The number of thiophene rings is 1. The van der Waals surface area contributed by atoms with Crippen LogP contribution in [0.3, 0.4) is 0 Å². The topological polar surface area (TPSA) is 76.9 Å². The predicted molar refractivity (Wildman–Crippen MR) is 81.6 cm³/mol. The zero-order chi connectivity index (χ0) is 15.0. The Labute approximate surface area is 126 Å². The molecule has 0 radical (unpaired) electrons. The van der Waals surface area contributed by atoms with Crippen molar-refractivity contribution in [3.8, 4) is 0 Å². The average Bonchev–Trinajstić information content (AvgIpc) is 3.06. The van der Waals surface area contributed by atoms with Crippen molar-refractivity contribution < 1.29 is 8.42 Å². The molecule has 110 valence electrons. The molecule has 0 aliphatic carbocycles. The normalized spacial score (nSPS) is 12.1. The summed E-state index contributed by atoms with van der Waals surface area (Å²) >= 11 is 1.53. The number of sulfonamides is 1. The third-order valence-electron chi connectivity index (χ3n) is 3.19. The lowest BCUT2D eigenvalue weighted by Gasteiger charge is -2.05. The molecule has 0 amide bonds. The van der Waals surface area contributed by atoms with Gasteiger partial charge in [0, 0.05) is 25.2 Å². The highest BCUT2D eigenvalue weighted by Crippen LogP contribution is 2.19. The van der Waals surface area contributed by atoms with Gasteiger partial charge in [-0.3, -0.25) is 4.68 Å². The van der Waals surface area contributed by atoms with Gasteiger partial charge < -0.3 is 0 Å². The Balaban J connectivity index is 1.93. The first-order valence-electron chi connectivity index (χ1n) is 6.27. The van der Waals surface area contributed by atoms with E-state index in [1.807, 2.05) is 23.8 Å². The summed E-state index contributed by atoms with van der Waals surface area (Å²) in [6.45, 7) is 2.11. The fourth-order valence-electron chi connectivity index (χ4n) is 2.09. The summed E-state index contributed by atoms with van der Waals surface area (Å²) in [7, 11) is -1.80. The zero-order valence-corrected chi connectivity index (χ0v) is 13.2. The van der Waals surface area contributed by atoms with E-state index in [0.29, 0.717) is 5.65 Å². The minimum absolute atomic E-state index is 0.154. The van der Waals surface area contributed by atoms with Crippen molar-refractivity contribution in [3.05, 3.63) is 40.3 Å². The fraction of sp³-hybridized carbons (Fsp3) is 0.231. The van der Waals surface area contributed by atoms with E-state index < -0.39 is 10.0 Å². The number of rotatable bonds is 4. The van der Waals surface area contributed by atoms with Gasteiger partial charge in [-0.15, -0.1) is 0 Å². The molecule has 3 aromatic rings. The maximum atomic E-state index is 12.3. The first-order chi connectivity index (χ1) is 9.97. The third kappa shape index (κ3) is 2.69. The number of aromatic nitrogens is 3. The Morgan fingerprint density at radius 1 is 1.43 bits per heavy atom. The van der Waals surface area contributed by atoms with Gasteiger partial charge in [0.15, 0.2) is 5.65 Å². The first-order valence-corrected chi connectivity index (χ1v) is 8.70. The molecule has 1 N–H and O–H groups in total. The summed E-state index contributed by atoms with van der Waals surface area (Å²) in [5.41, 5.74) is 2.37. The highest BCUT2D eigenvalue weighted by atomic mass is 32.2. The van der Waals surface area contributed by atoms with E-state index in [1.54, 1.807) is 17.8 Å². The average molecular weight is 322 g/mol. The van der Waals surface area contributed by atoms with Crippen molar-refractivity contribution >= 4 is 32.4 Å². The Hall–Kier alpha value is -1.77. The van der Waals surface area contributed by atoms with Gasteiger partial charge >= 0.3 is 0 Å². The van der Waals surface area contributed by atoms with E-state index in [2.05, 4.69) is 14.8 Å². The predicted octanol–water partition coefficient (Wildman–Crippen LogP) is 1.82. The minimum atomic E-state index is -3.58. The minimum Gasteiger partial charge on any atom is -0.250 e. The SMILES string of the molecule is Cc1nn(C)c2ncc(S(=O)(=O)NCc3ccsc3)cc12. The Morgan fingerprint density at radius 2 is 2.24 bits per heavy atom. The lowest BCUT2D eigenvalue weighted by molar-refractivity contribution is 0.581. The van der Waals surface area contributed by atoms with Crippen LogP contribution in [0.1, 0.15) is 11.3 Å². The van der Waals surface area contributed by atoms with Crippen LogP contribution >= 0.6 is 11.3 Å². The molecule has 0 fully saturated rings. The van der Waals surface area contributed by atoms with Gasteiger partial charge in [0.2, 0.25) is 10.0 Å². The molecule has 0 aromatic carbocycles. The van der Waals surface area contributed by atoms with Crippen molar-refractivity contribution in [3.63, 3.8) is 0 Å². The zero-order valence-electron chi connectivity index (χ0n) is 11.6. The van der Waals surface area contributed by atoms with Crippen LogP contribution < -0.4 is 4.72 Å². The van der Waals surface area contributed by atoms with E-state index in [0.717, 1.165) is 16.6 Å². The number of hydrogen-bond acceptors (Lipinski definition) is 5. The van der Waals surface area contributed by atoms with Crippen LogP contribution in [0.4, 0.5) is 0 Å². The highest BCUT2D eigenvalue weighted by Gasteiger charge is 2.17. The maximum Gasteiger partial charge on any atom is 0.242 e. The quantitative estimate of drug-likeness (QED) is 0.795. The van der Waals surface area contributed by atoms with Crippen LogP contribution in [0.2, 0.25) is 0 Å². The molecule has 3 aromatic heterocycles. The van der Waals surface area contributed by atoms with Crippen molar-refractivity contribution in [1.29, 1.82) is 0 Å². The number of hydrogen-bond donors (Lipinski definition) is 1. The fourth-order valence-corrected chi connectivity index (χ4v) is 3.75. The summed E-state index contributed by atoms with van der Waals surface area (Å²) in [5.74, 6) is 0. The van der Waals surface area contributed by atoms with Gasteiger partial charge in [-0.1, -0.05) is 0 Å². The van der Waals surface area contributed by atoms with Crippen molar-refractivity contribution in [2.45, 2.75) is 18.4 Å². The number of aryl methyl sites for hydroxylation is 2. The molecule has 0 saturated heterocycles. The summed E-state index contributed by atoms with van der Waals surface area (Å²) < 4.78 is 28.8. The van der Waals surface area contributed by atoms with Crippen LogP contribution in [0.5, 0.6) is 0 Å². The molecule has 0 atom stereocenters. The molecule has 8 heteroatoms. The summed E-state index contributed by atoms with van der Waals surface area (Å²) in [6, 6.07) is 3.50. The number of pyridine rings is 1. The van der Waals surface area contributed by atoms with Crippen molar-refractivity contribution in [2.75, 3.05) is 0 Å². The van der Waals surface area contributed by atoms with E-state index in [4.69, 9.17) is 0 Å². The molecular weight excluding hydrogens is 308 g/mol. The Bertz CT molecular complexity index is 882. The smallest absolute Gasteiger partial charge is 0.242 e. The van der Waals surface area contributed by atoms with Gasteiger partial charge in [-0.05, 0) is 35.4 Å². The number of nitrogens with one attached hydrogen (secondary N) is 1. The van der Waals surface area contributed by atoms with Crippen molar-refractivity contribution in [2.24, 2.45) is 7.05 Å². The van der Waals surface area contributed by atoms with Crippen molar-refractivity contribution in [1.82, 2.24) is 19.5 Å². The maximum absolute atomic E-state index is 12.3. The molecule has 21 heavy (non-hydrogen) atoms. The molecule has 0 aliphatic rings. The lowest BCUT2D eigenvalue weighted by atomic mass is 10.3. The summed E-state index contributed by atoms with van der Waals surface area (Å²) in [4.78, 5) is 4.35. The second-order valence-electron chi connectivity index (χ2n) is 4.71. The summed E-state index contributed by atoms with van der Waals surface area (Å²) in [6.07, 6.45) is 1.36. The van der Waals surface area contributed by atoms with E-state index >= 15 is 0 Å². The molecule has 6 nitrogen and oxygen atoms in total. The van der Waals surface area contributed by atoms with Gasteiger partial charge in [-0.2, -0.15) is 16.4 Å². The molecule has 0 spiro atoms. The monoisotopic (exact) mass is 322 g/mol. The van der Waals surface area contributed by atoms with Crippen LogP contribution in [-0.4, -0.2) is 23.2 Å². The second-order valence-corrected chi connectivity index (χ2v) is 7.25. The first kappa shape index (κ1) is 14.2. The van der Waals surface area contributed by atoms with Crippen LogP contribution in [0, 0.1) is 6.92 Å². The molecule has 0 aliphatic heterocycles. The second kappa shape index (κ2) is 5.21. The standard InChI is InChI=1S/C13H14N4O2S2/c1-9-12-5-11(7-14-13(12)17(2)16-9)21(18,19)15-6-10-3-4-20-8-10/h3-5,7-8,15H,6H2,1-2H3. The van der Waals surface area contributed by atoms with Crippen LogP contribution in [0.15, 0.2) is 34.0 Å². The van der Waals surface area contributed by atoms with E-state index in [9.17, 15) is 8.42 Å². The largest absolute Gasteiger partial charge is 0.250 e. The van der Waals surface area contributed by atoms with Crippen LogP contribution in [0.25, 0.3) is 11.0 Å². The molecule has 0 bridgehead atoms. The Morgan fingerprint density at radius 3 is 2.95 bits per heavy atom.